The van der Waals surface area contributed by atoms with Crippen LogP contribution in [0.3, 0.4) is 0 Å². The minimum absolute atomic E-state index is 0.0853. The third-order valence-corrected chi connectivity index (χ3v) is 1.71. The predicted molar refractivity (Wildman–Crippen MR) is 47.4 cm³/mol. The summed E-state index contributed by atoms with van der Waals surface area (Å²) in [5.74, 6) is -1.87. The topological polar surface area (TPSA) is 43.4 Å². The summed E-state index contributed by atoms with van der Waals surface area (Å²) >= 11 is 0. The first-order chi connectivity index (χ1) is 6.65. The number of ether oxygens (including phenoxy) is 1. The molecule has 0 saturated heterocycles. The highest BCUT2D eigenvalue weighted by Gasteiger charge is 2.14. The maximum absolute atomic E-state index is 13.0. The molecule has 0 aliphatic rings. The number of Topliss-reactive ketones (excluding diaryl/α,β-unsaturated/α-hetero) is 1. The fourth-order valence-corrected chi connectivity index (χ4v) is 0.986. The van der Waals surface area contributed by atoms with Crippen molar-refractivity contribution < 1.29 is 18.7 Å². The third kappa shape index (κ3) is 2.39. The number of benzene rings is 1. The summed E-state index contributed by atoms with van der Waals surface area (Å²) in [4.78, 5) is 22.0. The fourth-order valence-electron chi connectivity index (χ4n) is 0.986. The van der Waals surface area contributed by atoms with E-state index in [-0.39, 0.29) is 5.56 Å². The van der Waals surface area contributed by atoms with Crippen molar-refractivity contribution >= 4 is 11.8 Å². The van der Waals surface area contributed by atoms with E-state index in [1.54, 1.807) is 0 Å². The highest BCUT2D eigenvalue weighted by molar-refractivity contribution is 6.06. The van der Waals surface area contributed by atoms with Crippen LogP contribution in [0.5, 0.6) is 0 Å². The molecule has 0 saturated carbocycles. The van der Waals surface area contributed by atoms with E-state index >= 15 is 0 Å². The Kier molecular flexibility index (Phi) is 3.34. The molecule has 0 atom stereocenters. The minimum atomic E-state index is -0.668. The van der Waals surface area contributed by atoms with Crippen LogP contribution in [0.25, 0.3) is 0 Å². The summed E-state index contributed by atoms with van der Waals surface area (Å²) in [5.41, 5.74) is -0.0853. The smallest absolute Gasteiger partial charge is 0.313 e. The van der Waals surface area contributed by atoms with Gasteiger partial charge in [-0.25, -0.2) is 4.39 Å². The third-order valence-electron chi connectivity index (χ3n) is 1.71. The molecule has 0 aliphatic carbocycles. The first-order valence-electron chi connectivity index (χ1n) is 3.99. The Hall–Kier alpha value is -1.71. The summed E-state index contributed by atoms with van der Waals surface area (Å²) in [5, 5.41) is 0. The van der Waals surface area contributed by atoms with E-state index in [9.17, 15) is 14.0 Å². The van der Waals surface area contributed by atoms with Crippen molar-refractivity contribution in [1.82, 2.24) is 0 Å². The Morgan fingerprint density at radius 3 is 2.57 bits per heavy atom. The van der Waals surface area contributed by atoms with Crippen molar-refractivity contribution in [2.75, 3.05) is 7.11 Å². The molecule has 0 unspecified atom stereocenters. The van der Waals surface area contributed by atoms with Crippen LogP contribution in [-0.2, 0) is 9.53 Å². The number of carbonyl (C=O) groups excluding carboxylic acids is 2. The second kappa shape index (κ2) is 4.50. The van der Waals surface area contributed by atoms with Gasteiger partial charge in [-0.3, -0.25) is 9.59 Å². The van der Waals surface area contributed by atoms with Gasteiger partial charge in [0.25, 0.3) is 0 Å². The Labute approximate surface area is 80.5 Å². The number of esters is 1. The summed E-state index contributed by atoms with van der Waals surface area (Å²) in [6.45, 7) is 0. The Morgan fingerprint density at radius 1 is 1.36 bits per heavy atom. The van der Waals surface area contributed by atoms with Crippen LogP contribution in [0.15, 0.2) is 24.3 Å². The first kappa shape index (κ1) is 10.4. The molecule has 74 valence electrons. The summed E-state index contributed by atoms with van der Waals surface area (Å²) in [7, 11) is 1.18. The lowest BCUT2D eigenvalue weighted by atomic mass is 10.1. The zero-order valence-corrected chi connectivity index (χ0v) is 7.62. The van der Waals surface area contributed by atoms with Crippen LogP contribution in [0.4, 0.5) is 4.39 Å². The fraction of sp³-hybridized carbons (Fsp3) is 0.200. The Bertz CT molecular complexity index is 360. The molecule has 1 aromatic rings. The number of hydrogen-bond donors (Lipinski definition) is 0. The standard InChI is InChI=1S/C10H9FO3/c1-14-10(13)6-9(12)7-4-2-3-5-8(7)11/h2-5H,6H2,1H3. The molecular weight excluding hydrogens is 187 g/mol. The molecule has 3 nitrogen and oxygen atoms in total. The average Bonchev–Trinajstić information content (AvgIpc) is 2.18. The van der Waals surface area contributed by atoms with Crippen molar-refractivity contribution in [3.63, 3.8) is 0 Å². The molecular formula is C10H9FO3. The molecule has 4 heteroatoms. The summed E-state index contributed by atoms with van der Waals surface area (Å²) in [6.07, 6.45) is -0.433. The van der Waals surface area contributed by atoms with E-state index in [2.05, 4.69) is 4.74 Å². The molecule has 0 heterocycles. The van der Waals surface area contributed by atoms with Crippen LogP contribution in [-0.4, -0.2) is 18.9 Å². The molecule has 0 radical (unpaired) electrons. The number of ketones is 1. The highest BCUT2D eigenvalue weighted by Crippen LogP contribution is 2.09. The minimum Gasteiger partial charge on any atom is -0.469 e. The normalized spacial score (nSPS) is 9.57. The second-order valence-corrected chi connectivity index (χ2v) is 2.66. The maximum Gasteiger partial charge on any atom is 0.313 e. The van der Waals surface area contributed by atoms with Crippen LogP contribution in [0.2, 0.25) is 0 Å². The molecule has 1 rings (SSSR count). The van der Waals surface area contributed by atoms with Gasteiger partial charge in [-0.2, -0.15) is 0 Å². The van der Waals surface area contributed by atoms with Gasteiger partial charge in [-0.1, -0.05) is 12.1 Å². The molecule has 0 aliphatic heterocycles. The largest absolute Gasteiger partial charge is 0.469 e. The molecule has 0 spiro atoms. The van der Waals surface area contributed by atoms with Gasteiger partial charge >= 0.3 is 5.97 Å². The van der Waals surface area contributed by atoms with Gasteiger partial charge < -0.3 is 4.74 Å². The first-order valence-corrected chi connectivity index (χ1v) is 3.99. The second-order valence-electron chi connectivity index (χ2n) is 2.66. The van der Waals surface area contributed by atoms with Crippen molar-refractivity contribution in [2.24, 2.45) is 0 Å². The Morgan fingerprint density at radius 2 is 2.00 bits per heavy atom. The predicted octanol–water partition coefficient (Wildman–Crippen LogP) is 1.57. The van der Waals surface area contributed by atoms with Gasteiger partial charge in [0.15, 0.2) is 5.78 Å². The van der Waals surface area contributed by atoms with E-state index in [1.807, 2.05) is 0 Å². The van der Waals surface area contributed by atoms with Gasteiger partial charge in [-0.15, -0.1) is 0 Å². The molecule has 1 aromatic carbocycles. The van der Waals surface area contributed by atoms with E-state index < -0.39 is 24.0 Å². The number of rotatable bonds is 3. The van der Waals surface area contributed by atoms with Crippen LogP contribution < -0.4 is 0 Å². The molecule has 0 aromatic heterocycles. The van der Waals surface area contributed by atoms with Gasteiger partial charge in [0.05, 0.1) is 12.7 Å². The maximum atomic E-state index is 13.0. The van der Waals surface area contributed by atoms with Crippen molar-refractivity contribution in [2.45, 2.75) is 6.42 Å². The lowest BCUT2D eigenvalue weighted by molar-refractivity contribution is -0.139. The summed E-state index contributed by atoms with van der Waals surface area (Å²) in [6, 6.07) is 5.52. The van der Waals surface area contributed by atoms with Gasteiger partial charge in [0, 0.05) is 0 Å². The van der Waals surface area contributed by atoms with E-state index in [0.717, 1.165) is 0 Å². The number of halogens is 1. The quantitative estimate of drug-likeness (QED) is 0.418. The summed E-state index contributed by atoms with van der Waals surface area (Å²) < 4.78 is 17.3. The number of methoxy groups -OCH3 is 1. The van der Waals surface area contributed by atoms with E-state index in [0.29, 0.717) is 0 Å². The van der Waals surface area contributed by atoms with Gasteiger partial charge in [0.2, 0.25) is 0 Å². The van der Waals surface area contributed by atoms with Crippen molar-refractivity contribution in [3.8, 4) is 0 Å². The van der Waals surface area contributed by atoms with Crippen molar-refractivity contribution in [1.29, 1.82) is 0 Å². The van der Waals surface area contributed by atoms with E-state index in [4.69, 9.17) is 0 Å². The van der Waals surface area contributed by atoms with Gasteiger partial charge in [0.1, 0.15) is 12.2 Å². The SMILES string of the molecule is COC(=O)CC(=O)c1ccccc1F. The lowest BCUT2D eigenvalue weighted by Gasteiger charge is -2.00. The Balaban J connectivity index is 2.80. The number of carbonyl (C=O) groups is 2. The monoisotopic (exact) mass is 196 g/mol. The molecule has 0 N–H and O–H groups in total. The van der Waals surface area contributed by atoms with Crippen LogP contribution in [0.1, 0.15) is 16.8 Å². The van der Waals surface area contributed by atoms with Crippen LogP contribution in [0, 0.1) is 5.82 Å². The van der Waals surface area contributed by atoms with Crippen LogP contribution >= 0.6 is 0 Å². The molecule has 0 bridgehead atoms. The molecule has 14 heavy (non-hydrogen) atoms. The zero-order chi connectivity index (χ0) is 10.6. The average molecular weight is 196 g/mol. The zero-order valence-electron chi connectivity index (χ0n) is 7.62. The molecule has 0 amide bonds. The lowest BCUT2D eigenvalue weighted by Crippen LogP contribution is -2.10. The van der Waals surface area contributed by atoms with E-state index in [1.165, 1.54) is 31.4 Å². The number of hydrogen-bond acceptors (Lipinski definition) is 3. The highest BCUT2D eigenvalue weighted by atomic mass is 19.1. The molecule has 0 fully saturated rings. The van der Waals surface area contributed by atoms with Gasteiger partial charge in [-0.05, 0) is 12.1 Å². The van der Waals surface area contributed by atoms with Crippen molar-refractivity contribution in [3.05, 3.63) is 35.6 Å².